The van der Waals surface area contributed by atoms with Gasteiger partial charge in [0.25, 0.3) is 0 Å². The summed E-state index contributed by atoms with van der Waals surface area (Å²) < 4.78 is 0.937. The lowest BCUT2D eigenvalue weighted by molar-refractivity contribution is 0.473. The monoisotopic (exact) mass is 291 g/mol. The van der Waals surface area contributed by atoms with Crippen molar-refractivity contribution in [1.29, 1.82) is 0 Å². The summed E-state index contributed by atoms with van der Waals surface area (Å²) in [5, 5.41) is 9.32. The van der Waals surface area contributed by atoms with Crippen molar-refractivity contribution in [3.05, 3.63) is 40.9 Å². The number of benzene rings is 1. The average Bonchev–Trinajstić information content (AvgIpc) is 2.18. The Labute approximate surface area is 105 Å². The zero-order valence-electron chi connectivity index (χ0n) is 8.32. The molecule has 15 heavy (non-hydrogen) atoms. The normalized spacial score (nSPS) is 11.6. The lowest BCUT2D eigenvalue weighted by Gasteiger charge is -2.13. The number of allylic oxidation sites excluding steroid dienone is 1. The van der Waals surface area contributed by atoms with Gasteiger partial charge in [-0.3, -0.25) is 0 Å². The molecular formula is C11H15BrClNO. The van der Waals surface area contributed by atoms with E-state index in [9.17, 15) is 5.11 Å². The highest BCUT2D eigenvalue weighted by molar-refractivity contribution is 9.10. The van der Waals surface area contributed by atoms with Gasteiger partial charge < -0.3 is 10.8 Å². The molecule has 0 heterocycles. The Kier molecular flexibility index (Phi) is 6.65. The van der Waals surface area contributed by atoms with Gasteiger partial charge in [0.05, 0.1) is 0 Å². The molecule has 0 amide bonds. The van der Waals surface area contributed by atoms with Crippen molar-refractivity contribution in [2.75, 3.05) is 0 Å². The molecule has 0 fully saturated rings. The van der Waals surface area contributed by atoms with Crippen LogP contribution >= 0.6 is 28.3 Å². The molecule has 2 nitrogen and oxygen atoms in total. The third-order valence-corrected chi connectivity index (χ3v) is 2.78. The predicted molar refractivity (Wildman–Crippen MR) is 69.4 cm³/mol. The van der Waals surface area contributed by atoms with E-state index in [2.05, 4.69) is 22.5 Å². The summed E-state index contributed by atoms with van der Waals surface area (Å²) in [7, 11) is 0. The minimum atomic E-state index is -0.0607. The summed E-state index contributed by atoms with van der Waals surface area (Å²) in [6, 6.07) is 5.07. The van der Waals surface area contributed by atoms with E-state index in [1.165, 1.54) is 0 Å². The summed E-state index contributed by atoms with van der Waals surface area (Å²) in [5.41, 5.74) is 6.90. The zero-order valence-corrected chi connectivity index (χ0v) is 10.7. The fourth-order valence-corrected chi connectivity index (χ4v) is 1.81. The summed E-state index contributed by atoms with van der Waals surface area (Å²) in [4.78, 5) is 0. The van der Waals surface area contributed by atoms with Crippen LogP contribution in [0.3, 0.4) is 0 Å². The molecule has 1 rings (SSSR count). The first-order valence-electron chi connectivity index (χ1n) is 4.50. The van der Waals surface area contributed by atoms with Crippen molar-refractivity contribution in [2.45, 2.75) is 18.9 Å². The number of hydrogen-bond donors (Lipinski definition) is 2. The molecule has 84 valence electrons. The maximum atomic E-state index is 9.32. The van der Waals surface area contributed by atoms with Crippen LogP contribution in [0, 0.1) is 0 Å². The molecule has 1 aromatic carbocycles. The summed E-state index contributed by atoms with van der Waals surface area (Å²) >= 11 is 3.41. The fourth-order valence-electron chi connectivity index (χ4n) is 1.27. The maximum absolute atomic E-state index is 9.32. The second kappa shape index (κ2) is 6.88. The first-order chi connectivity index (χ1) is 6.65. The van der Waals surface area contributed by atoms with E-state index in [-0.39, 0.29) is 24.2 Å². The van der Waals surface area contributed by atoms with Crippen LogP contribution in [0.4, 0.5) is 0 Å². The van der Waals surface area contributed by atoms with Gasteiger partial charge in [-0.05, 0) is 36.6 Å². The summed E-state index contributed by atoms with van der Waals surface area (Å²) in [6.45, 7) is 3.65. The molecule has 3 N–H and O–H groups in total. The lowest BCUT2D eigenvalue weighted by Crippen LogP contribution is -2.10. The van der Waals surface area contributed by atoms with Crippen LogP contribution in [0.25, 0.3) is 0 Å². The van der Waals surface area contributed by atoms with Crippen molar-refractivity contribution in [3.63, 3.8) is 0 Å². The second-order valence-electron chi connectivity index (χ2n) is 3.18. The van der Waals surface area contributed by atoms with Crippen LogP contribution in [0.15, 0.2) is 35.3 Å². The average molecular weight is 293 g/mol. The number of phenolic OH excluding ortho intramolecular Hbond substituents is 1. The largest absolute Gasteiger partial charge is 0.508 e. The Morgan fingerprint density at radius 3 is 2.80 bits per heavy atom. The molecule has 0 aromatic heterocycles. The van der Waals surface area contributed by atoms with Gasteiger partial charge in [0.15, 0.2) is 0 Å². The van der Waals surface area contributed by atoms with Gasteiger partial charge in [-0.25, -0.2) is 0 Å². The van der Waals surface area contributed by atoms with Gasteiger partial charge in [-0.2, -0.15) is 0 Å². The highest BCUT2D eigenvalue weighted by Crippen LogP contribution is 2.28. The first-order valence-corrected chi connectivity index (χ1v) is 5.29. The van der Waals surface area contributed by atoms with E-state index >= 15 is 0 Å². The molecule has 0 aliphatic carbocycles. The van der Waals surface area contributed by atoms with Gasteiger partial charge in [-0.1, -0.05) is 22.0 Å². The third-order valence-electron chi connectivity index (χ3n) is 2.06. The van der Waals surface area contributed by atoms with Crippen LogP contribution in [0.1, 0.15) is 24.4 Å². The molecule has 1 aromatic rings. The van der Waals surface area contributed by atoms with E-state index in [4.69, 9.17) is 5.73 Å². The molecule has 1 atom stereocenters. The molecule has 0 aliphatic heterocycles. The smallest absolute Gasteiger partial charge is 0.115 e. The Balaban J connectivity index is 0.00000196. The van der Waals surface area contributed by atoms with Crippen molar-refractivity contribution in [1.82, 2.24) is 0 Å². The van der Waals surface area contributed by atoms with E-state index < -0.39 is 0 Å². The van der Waals surface area contributed by atoms with E-state index in [1.54, 1.807) is 18.2 Å². The Hall–Kier alpha value is -0.510. The van der Waals surface area contributed by atoms with E-state index in [1.807, 2.05) is 6.08 Å². The first kappa shape index (κ1) is 14.5. The van der Waals surface area contributed by atoms with Gasteiger partial charge >= 0.3 is 0 Å². The van der Waals surface area contributed by atoms with Gasteiger partial charge in [-0.15, -0.1) is 19.0 Å². The second-order valence-corrected chi connectivity index (χ2v) is 4.03. The van der Waals surface area contributed by atoms with Crippen molar-refractivity contribution >= 4 is 28.3 Å². The third kappa shape index (κ3) is 4.24. The zero-order chi connectivity index (χ0) is 10.6. The topological polar surface area (TPSA) is 46.2 Å². The molecule has 0 radical (unpaired) electrons. The molecule has 0 saturated carbocycles. The highest BCUT2D eigenvalue weighted by atomic mass is 79.9. The number of rotatable bonds is 4. The lowest BCUT2D eigenvalue weighted by atomic mass is 10.0. The molecular weight excluding hydrogens is 277 g/mol. The Morgan fingerprint density at radius 1 is 1.53 bits per heavy atom. The SMILES string of the molecule is C=CCC[C@H](N)c1cc(O)ccc1Br.Cl. The van der Waals surface area contributed by atoms with Crippen LogP contribution in [-0.2, 0) is 0 Å². The number of nitrogens with two attached hydrogens (primary N) is 1. The molecule has 0 unspecified atom stereocenters. The molecule has 4 heteroatoms. The molecule has 0 bridgehead atoms. The maximum Gasteiger partial charge on any atom is 0.115 e. The molecule has 0 aliphatic rings. The highest BCUT2D eigenvalue weighted by Gasteiger charge is 2.09. The standard InChI is InChI=1S/C11H14BrNO.ClH/c1-2-3-4-11(13)9-7-8(14)5-6-10(9)12;/h2,5-7,11,14H,1,3-4,13H2;1H/t11-;/m0./s1. The Morgan fingerprint density at radius 2 is 2.20 bits per heavy atom. The van der Waals surface area contributed by atoms with Gasteiger partial charge in [0, 0.05) is 10.5 Å². The molecule has 0 saturated heterocycles. The van der Waals surface area contributed by atoms with Crippen LogP contribution in [0.5, 0.6) is 5.75 Å². The number of aromatic hydroxyl groups is 1. The van der Waals surface area contributed by atoms with Gasteiger partial charge in [0.2, 0.25) is 0 Å². The summed E-state index contributed by atoms with van der Waals surface area (Å²) in [5.74, 6) is 0.247. The van der Waals surface area contributed by atoms with Gasteiger partial charge in [0.1, 0.15) is 5.75 Å². The van der Waals surface area contributed by atoms with Crippen LogP contribution < -0.4 is 5.73 Å². The summed E-state index contributed by atoms with van der Waals surface area (Å²) in [6.07, 6.45) is 3.56. The van der Waals surface area contributed by atoms with Crippen molar-refractivity contribution < 1.29 is 5.11 Å². The van der Waals surface area contributed by atoms with Crippen LogP contribution in [-0.4, -0.2) is 5.11 Å². The molecule has 0 spiro atoms. The number of phenols is 1. The number of halogens is 2. The van der Waals surface area contributed by atoms with Crippen molar-refractivity contribution in [2.24, 2.45) is 5.73 Å². The van der Waals surface area contributed by atoms with Crippen molar-refractivity contribution in [3.8, 4) is 5.75 Å². The minimum absolute atomic E-state index is 0. The predicted octanol–water partition coefficient (Wildman–Crippen LogP) is 3.54. The number of hydrogen-bond acceptors (Lipinski definition) is 2. The van der Waals surface area contributed by atoms with E-state index in [0.717, 1.165) is 22.9 Å². The Bertz CT molecular complexity index is 330. The van der Waals surface area contributed by atoms with Crippen LogP contribution in [0.2, 0.25) is 0 Å². The minimum Gasteiger partial charge on any atom is -0.508 e. The fraction of sp³-hybridized carbons (Fsp3) is 0.273. The quantitative estimate of drug-likeness (QED) is 0.834. The van der Waals surface area contributed by atoms with E-state index in [0.29, 0.717) is 0 Å².